The topological polar surface area (TPSA) is 69.2 Å². The fourth-order valence-electron chi connectivity index (χ4n) is 4.14. The molecule has 5 rings (SSSR count). The van der Waals surface area contributed by atoms with E-state index in [4.69, 9.17) is 9.25 Å². The van der Waals surface area contributed by atoms with Crippen molar-refractivity contribution in [1.29, 1.82) is 0 Å². The highest BCUT2D eigenvalue weighted by Crippen LogP contribution is 2.39. The summed E-state index contributed by atoms with van der Waals surface area (Å²) < 4.78 is 63.1. The van der Waals surface area contributed by atoms with E-state index in [9.17, 15) is 17.6 Å². The normalized spacial score (nSPS) is 12.1. The Hall–Kier alpha value is -4.09. The maximum absolute atomic E-state index is 14.1. The molecular weight excluding hydrogens is 490 g/mol. The molecule has 0 aliphatic heterocycles. The van der Waals surface area contributed by atoms with E-state index in [0.717, 1.165) is 6.07 Å². The molecule has 11 heteroatoms. The van der Waals surface area contributed by atoms with Gasteiger partial charge in [0.1, 0.15) is 23.2 Å². The number of hydroxylamine groups is 2. The maximum Gasteiger partial charge on any atom is 0.420 e. The zero-order chi connectivity index (χ0) is 26.3. The number of rotatable bonds is 6. The Morgan fingerprint density at radius 3 is 2.51 bits per heavy atom. The number of fused-ring (bicyclic) bond motifs is 1. The molecule has 0 spiro atoms. The van der Waals surface area contributed by atoms with Crippen molar-refractivity contribution in [2.75, 3.05) is 14.2 Å². The lowest BCUT2D eigenvalue weighted by molar-refractivity contribution is -0.137. The summed E-state index contributed by atoms with van der Waals surface area (Å²) in [6.07, 6.45) is -3.13. The minimum absolute atomic E-state index is 0.0296. The first-order valence-corrected chi connectivity index (χ1v) is 11.1. The minimum Gasteiger partial charge on any atom is -0.435 e. The van der Waals surface area contributed by atoms with Crippen LogP contribution in [0.1, 0.15) is 11.1 Å². The highest BCUT2D eigenvalue weighted by Gasteiger charge is 2.35. The molecule has 190 valence electrons. The van der Waals surface area contributed by atoms with Gasteiger partial charge >= 0.3 is 6.18 Å². The van der Waals surface area contributed by atoms with Crippen molar-refractivity contribution >= 4 is 11.1 Å². The first-order chi connectivity index (χ1) is 17.6. The average Bonchev–Trinajstić information content (AvgIpc) is 3.49. The molecule has 0 saturated heterocycles. The fourth-order valence-corrected chi connectivity index (χ4v) is 4.14. The summed E-state index contributed by atoms with van der Waals surface area (Å²) in [5, 5.41) is 9.37. The first kappa shape index (κ1) is 24.6. The number of halogens is 4. The number of nitrogens with zero attached hydrogens (tertiary/aromatic N) is 5. The van der Waals surface area contributed by atoms with E-state index in [2.05, 4.69) is 15.2 Å². The van der Waals surface area contributed by atoms with E-state index >= 15 is 0 Å². The van der Waals surface area contributed by atoms with Gasteiger partial charge in [-0.1, -0.05) is 18.2 Å². The Morgan fingerprint density at radius 2 is 1.81 bits per heavy atom. The number of aryl methyl sites for hydroxylation is 1. The number of hydrogen-bond acceptors (Lipinski definition) is 6. The Kier molecular flexibility index (Phi) is 6.26. The van der Waals surface area contributed by atoms with Gasteiger partial charge in [-0.3, -0.25) is 0 Å². The molecule has 3 aromatic carbocycles. The van der Waals surface area contributed by atoms with E-state index in [0.29, 0.717) is 33.6 Å². The minimum atomic E-state index is -4.64. The molecule has 7 nitrogen and oxygen atoms in total. The van der Waals surface area contributed by atoms with Crippen LogP contribution in [-0.4, -0.2) is 39.0 Å². The third-order valence-electron chi connectivity index (χ3n) is 5.93. The van der Waals surface area contributed by atoms with Gasteiger partial charge in [0.15, 0.2) is 11.4 Å². The molecule has 5 aromatic rings. The summed E-state index contributed by atoms with van der Waals surface area (Å²) in [5.41, 5.74) is 1.51. The van der Waals surface area contributed by atoms with Crippen LogP contribution in [0.2, 0.25) is 0 Å². The second kappa shape index (κ2) is 9.41. The Balaban J connectivity index is 1.62. The summed E-state index contributed by atoms with van der Waals surface area (Å²) in [7, 11) is 4.79. The molecule has 37 heavy (non-hydrogen) atoms. The maximum atomic E-state index is 14.1. The van der Waals surface area contributed by atoms with Gasteiger partial charge in [0.25, 0.3) is 0 Å². The van der Waals surface area contributed by atoms with E-state index in [-0.39, 0.29) is 23.5 Å². The third kappa shape index (κ3) is 4.83. The lowest BCUT2D eigenvalue weighted by Crippen LogP contribution is -2.16. The molecule has 0 bridgehead atoms. The van der Waals surface area contributed by atoms with Crippen molar-refractivity contribution in [3.05, 3.63) is 77.9 Å². The van der Waals surface area contributed by atoms with Crippen molar-refractivity contribution in [1.82, 2.24) is 24.8 Å². The van der Waals surface area contributed by atoms with Crippen LogP contribution in [0.5, 0.6) is 0 Å². The predicted octanol–water partition coefficient (Wildman–Crippen LogP) is 6.11. The van der Waals surface area contributed by atoms with Crippen LogP contribution >= 0.6 is 0 Å². The van der Waals surface area contributed by atoms with Crippen LogP contribution < -0.4 is 0 Å². The van der Waals surface area contributed by atoms with Gasteiger partial charge in [-0.15, -0.1) is 10.2 Å². The number of hydrogen-bond donors (Lipinski definition) is 0. The lowest BCUT2D eigenvalue weighted by Gasteiger charge is -2.15. The number of benzene rings is 3. The summed E-state index contributed by atoms with van der Waals surface area (Å²) in [6, 6.07) is 13.8. The second-order valence-electron chi connectivity index (χ2n) is 8.51. The van der Waals surface area contributed by atoms with E-state index in [1.807, 2.05) is 0 Å². The molecular formula is C26H21F4N5O2. The standard InChI is InChI=1S/C26H21F4N5O2/c1-34-14-31-33-24(34)20-12-18(27)7-8-19(20)16-5-4-6-17(11-16)25-32-22-10-15(13-35(2)36-3)9-21(23(22)37-25)26(28,29)30/h4-12,14H,13H2,1-3H3. The first-order valence-electron chi connectivity index (χ1n) is 11.1. The monoisotopic (exact) mass is 511 g/mol. The van der Waals surface area contributed by atoms with Gasteiger partial charge in [0, 0.05) is 31.8 Å². The van der Waals surface area contributed by atoms with Crippen LogP contribution in [0.4, 0.5) is 17.6 Å². The summed E-state index contributed by atoms with van der Waals surface area (Å²) in [6.45, 7) is 0.128. The molecule has 0 aliphatic carbocycles. The molecule has 2 aromatic heterocycles. The molecule has 0 radical (unpaired) electrons. The highest BCUT2D eigenvalue weighted by molar-refractivity contribution is 5.84. The molecule has 0 atom stereocenters. The summed E-state index contributed by atoms with van der Waals surface area (Å²) in [5.74, 6) is 0.0542. The Bertz CT molecular complexity index is 1590. The predicted molar refractivity (Wildman–Crippen MR) is 128 cm³/mol. The zero-order valence-electron chi connectivity index (χ0n) is 20.0. The Morgan fingerprint density at radius 1 is 1.03 bits per heavy atom. The van der Waals surface area contributed by atoms with Crippen molar-refractivity contribution < 1.29 is 26.8 Å². The fraction of sp³-hybridized carbons (Fsp3) is 0.192. The van der Waals surface area contributed by atoms with Crippen LogP contribution in [0, 0.1) is 5.82 Å². The average molecular weight is 511 g/mol. The number of alkyl halides is 3. The van der Waals surface area contributed by atoms with Gasteiger partial charge in [0.2, 0.25) is 5.89 Å². The summed E-state index contributed by atoms with van der Waals surface area (Å²) >= 11 is 0. The second-order valence-corrected chi connectivity index (χ2v) is 8.51. The highest BCUT2D eigenvalue weighted by atomic mass is 19.4. The van der Waals surface area contributed by atoms with Crippen LogP contribution in [-0.2, 0) is 24.6 Å². The van der Waals surface area contributed by atoms with Gasteiger partial charge in [-0.2, -0.15) is 18.2 Å². The SMILES string of the molecule is CON(C)Cc1cc(C(F)(F)F)c2oc(-c3cccc(-c4ccc(F)cc4-c4nncn4C)c3)nc2c1. The van der Waals surface area contributed by atoms with Crippen LogP contribution in [0.25, 0.3) is 45.1 Å². The van der Waals surface area contributed by atoms with Crippen molar-refractivity contribution in [2.45, 2.75) is 12.7 Å². The molecule has 0 saturated carbocycles. The third-order valence-corrected chi connectivity index (χ3v) is 5.93. The smallest absolute Gasteiger partial charge is 0.420 e. The van der Waals surface area contributed by atoms with Gasteiger partial charge in [-0.05, 0) is 53.1 Å². The van der Waals surface area contributed by atoms with Gasteiger partial charge in [0.05, 0.1) is 7.11 Å². The molecule has 0 aliphatic rings. The van der Waals surface area contributed by atoms with E-state index in [1.165, 1.54) is 30.6 Å². The van der Waals surface area contributed by atoms with Crippen LogP contribution in [0.3, 0.4) is 0 Å². The van der Waals surface area contributed by atoms with Crippen molar-refractivity contribution in [3.63, 3.8) is 0 Å². The van der Waals surface area contributed by atoms with E-state index < -0.39 is 17.6 Å². The molecule has 0 unspecified atom stereocenters. The zero-order valence-corrected chi connectivity index (χ0v) is 20.0. The van der Waals surface area contributed by atoms with Crippen molar-refractivity contribution in [2.24, 2.45) is 7.05 Å². The van der Waals surface area contributed by atoms with Crippen LogP contribution in [0.15, 0.2) is 65.3 Å². The molecule has 2 heterocycles. The van der Waals surface area contributed by atoms with E-state index in [1.54, 1.807) is 55.1 Å². The molecule has 0 N–H and O–H groups in total. The van der Waals surface area contributed by atoms with Gasteiger partial charge in [-0.25, -0.2) is 9.37 Å². The Labute approximate surface area is 208 Å². The lowest BCUT2D eigenvalue weighted by atomic mass is 9.97. The molecule has 0 fully saturated rings. The van der Waals surface area contributed by atoms with Gasteiger partial charge < -0.3 is 13.8 Å². The molecule has 0 amide bonds. The number of oxazole rings is 1. The number of aromatic nitrogens is 4. The largest absolute Gasteiger partial charge is 0.435 e. The quantitative estimate of drug-likeness (QED) is 0.202. The summed E-state index contributed by atoms with van der Waals surface area (Å²) in [4.78, 5) is 9.42. The van der Waals surface area contributed by atoms with Crippen molar-refractivity contribution in [3.8, 4) is 34.0 Å².